The zero-order valence-electron chi connectivity index (χ0n) is 17.2. The van der Waals surface area contributed by atoms with Crippen LogP contribution in [0.4, 0.5) is 0 Å². The molecule has 1 amide bonds. The number of nitrogens with zero attached hydrogens (tertiary/aromatic N) is 2. The van der Waals surface area contributed by atoms with Crippen molar-refractivity contribution in [3.63, 3.8) is 0 Å². The lowest BCUT2D eigenvalue weighted by Crippen LogP contribution is -2.35. The molecule has 0 spiro atoms. The van der Waals surface area contributed by atoms with Crippen LogP contribution >= 0.6 is 11.3 Å². The van der Waals surface area contributed by atoms with Gasteiger partial charge in [0.1, 0.15) is 5.01 Å². The van der Waals surface area contributed by atoms with E-state index in [-0.39, 0.29) is 18.9 Å². The predicted octanol–water partition coefficient (Wildman–Crippen LogP) is 3.34. The Labute approximate surface area is 174 Å². The normalized spacial score (nSPS) is 10.3. The van der Waals surface area contributed by atoms with Crippen molar-refractivity contribution in [3.8, 4) is 22.1 Å². The zero-order valence-corrected chi connectivity index (χ0v) is 18.0. The molecule has 2 rings (SSSR count). The zero-order chi connectivity index (χ0) is 21.4. The average Bonchev–Trinajstić information content (AvgIpc) is 3.17. The smallest absolute Gasteiger partial charge is 0.312 e. The standard InChI is InChI=1S/C21H26N2O5S/c1-6-23(11-14(2)3)19(24)12-28-20(25)10-16-13-29-21(22-16)15-7-8-17(26-4)18(9-15)27-5/h7-9,13H,2,6,10-12H2,1,3-5H3. The summed E-state index contributed by atoms with van der Waals surface area (Å²) in [6, 6.07) is 5.51. The predicted molar refractivity (Wildman–Crippen MR) is 112 cm³/mol. The summed E-state index contributed by atoms with van der Waals surface area (Å²) in [5.74, 6) is 0.506. The van der Waals surface area contributed by atoms with E-state index in [0.717, 1.165) is 16.1 Å². The number of likely N-dealkylation sites (N-methyl/N-ethyl adjacent to an activating group) is 1. The lowest BCUT2D eigenvalue weighted by molar-refractivity contribution is -0.151. The third-order valence-corrected chi connectivity index (χ3v) is 5.00. The van der Waals surface area contributed by atoms with Crippen molar-refractivity contribution in [2.75, 3.05) is 33.9 Å². The highest BCUT2D eigenvalue weighted by Crippen LogP contribution is 2.33. The fourth-order valence-corrected chi connectivity index (χ4v) is 3.44. The van der Waals surface area contributed by atoms with E-state index in [0.29, 0.717) is 30.3 Å². The van der Waals surface area contributed by atoms with Crippen molar-refractivity contribution in [2.24, 2.45) is 0 Å². The fourth-order valence-electron chi connectivity index (χ4n) is 2.62. The van der Waals surface area contributed by atoms with Crippen molar-refractivity contribution in [2.45, 2.75) is 20.3 Å². The molecule has 1 heterocycles. The van der Waals surface area contributed by atoms with Crippen molar-refractivity contribution in [3.05, 3.63) is 41.4 Å². The largest absolute Gasteiger partial charge is 0.493 e. The van der Waals surface area contributed by atoms with Gasteiger partial charge in [0.25, 0.3) is 5.91 Å². The van der Waals surface area contributed by atoms with Crippen LogP contribution in [-0.4, -0.2) is 55.7 Å². The van der Waals surface area contributed by atoms with Crippen LogP contribution in [0.1, 0.15) is 19.5 Å². The summed E-state index contributed by atoms with van der Waals surface area (Å²) in [4.78, 5) is 30.3. The number of hydrogen-bond donors (Lipinski definition) is 0. The Bertz CT molecular complexity index is 878. The van der Waals surface area contributed by atoms with Gasteiger partial charge in [-0.2, -0.15) is 0 Å². The molecule has 1 aromatic carbocycles. The molecule has 29 heavy (non-hydrogen) atoms. The number of carbonyl (C=O) groups excluding carboxylic acids is 2. The second-order valence-electron chi connectivity index (χ2n) is 6.42. The lowest BCUT2D eigenvalue weighted by atomic mass is 10.2. The van der Waals surface area contributed by atoms with E-state index >= 15 is 0 Å². The molecule has 0 saturated heterocycles. The van der Waals surface area contributed by atoms with Gasteiger partial charge in [-0.3, -0.25) is 9.59 Å². The van der Waals surface area contributed by atoms with Crippen LogP contribution in [0.2, 0.25) is 0 Å². The third kappa shape index (κ3) is 6.32. The maximum absolute atomic E-state index is 12.1. The molecule has 2 aromatic rings. The third-order valence-electron chi connectivity index (χ3n) is 4.06. The van der Waals surface area contributed by atoms with E-state index in [1.807, 2.05) is 26.0 Å². The van der Waals surface area contributed by atoms with Gasteiger partial charge in [-0.05, 0) is 32.0 Å². The molecular weight excluding hydrogens is 392 g/mol. The van der Waals surface area contributed by atoms with Gasteiger partial charge in [0.2, 0.25) is 0 Å². The molecule has 0 aliphatic heterocycles. The highest BCUT2D eigenvalue weighted by Gasteiger charge is 2.16. The van der Waals surface area contributed by atoms with E-state index in [9.17, 15) is 9.59 Å². The minimum Gasteiger partial charge on any atom is -0.493 e. The second kappa shape index (κ2) is 10.6. The minimum atomic E-state index is -0.492. The summed E-state index contributed by atoms with van der Waals surface area (Å²) in [5, 5.41) is 2.55. The van der Waals surface area contributed by atoms with Gasteiger partial charge < -0.3 is 19.1 Å². The van der Waals surface area contributed by atoms with Gasteiger partial charge in [0.05, 0.1) is 26.3 Å². The molecule has 1 aromatic heterocycles. The number of esters is 1. The Balaban J connectivity index is 1.95. The first kappa shape index (κ1) is 22.4. The van der Waals surface area contributed by atoms with E-state index in [2.05, 4.69) is 11.6 Å². The van der Waals surface area contributed by atoms with Gasteiger partial charge in [-0.25, -0.2) is 4.98 Å². The topological polar surface area (TPSA) is 78.0 Å². The second-order valence-corrected chi connectivity index (χ2v) is 7.27. The summed E-state index contributed by atoms with van der Waals surface area (Å²) < 4.78 is 15.7. The molecule has 8 heteroatoms. The first-order valence-electron chi connectivity index (χ1n) is 9.12. The van der Waals surface area contributed by atoms with Crippen LogP contribution < -0.4 is 9.47 Å². The van der Waals surface area contributed by atoms with Gasteiger partial charge in [0.15, 0.2) is 18.1 Å². The highest BCUT2D eigenvalue weighted by atomic mass is 32.1. The quantitative estimate of drug-likeness (QED) is 0.435. The highest BCUT2D eigenvalue weighted by molar-refractivity contribution is 7.13. The first-order valence-corrected chi connectivity index (χ1v) is 10.0. The van der Waals surface area contributed by atoms with Gasteiger partial charge in [-0.15, -0.1) is 11.3 Å². The summed E-state index contributed by atoms with van der Waals surface area (Å²) in [5.41, 5.74) is 2.32. The van der Waals surface area contributed by atoms with Crippen LogP contribution in [0, 0.1) is 0 Å². The van der Waals surface area contributed by atoms with Crippen LogP contribution in [0.25, 0.3) is 10.6 Å². The van der Waals surface area contributed by atoms with E-state index < -0.39 is 5.97 Å². The van der Waals surface area contributed by atoms with Crippen LogP contribution in [0.15, 0.2) is 35.7 Å². The Morgan fingerprint density at radius 3 is 2.55 bits per heavy atom. The lowest BCUT2D eigenvalue weighted by Gasteiger charge is -2.20. The monoisotopic (exact) mass is 418 g/mol. The molecule has 0 aliphatic carbocycles. The maximum Gasteiger partial charge on any atom is 0.312 e. The SMILES string of the molecule is C=C(C)CN(CC)C(=O)COC(=O)Cc1csc(-c2ccc(OC)c(OC)c2)n1. The number of rotatable bonds is 10. The summed E-state index contributed by atoms with van der Waals surface area (Å²) >= 11 is 1.42. The number of benzene rings is 1. The average molecular weight is 419 g/mol. The van der Waals surface area contributed by atoms with Crippen molar-refractivity contribution < 1.29 is 23.8 Å². The Morgan fingerprint density at radius 2 is 1.93 bits per heavy atom. The Kier molecular flexibility index (Phi) is 8.21. The molecule has 0 saturated carbocycles. The number of aromatic nitrogens is 1. The Hall–Kier alpha value is -2.87. The molecule has 0 bridgehead atoms. The van der Waals surface area contributed by atoms with Crippen molar-refractivity contribution in [1.82, 2.24) is 9.88 Å². The van der Waals surface area contributed by atoms with Gasteiger partial charge in [0, 0.05) is 24.0 Å². The van der Waals surface area contributed by atoms with E-state index in [1.54, 1.807) is 30.6 Å². The molecule has 0 unspecified atom stereocenters. The minimum absolute atomic E-state index is 0.00365. The first-order chi connectivity index (χ1) is 13.9. The molecule has 0 N–H and O–H groups in total. The molecule has 0 aliphatic rings. The summed E-state index contributed by atoms with van der Waals surface area (Å²) in [6.07, 6.45) is 0.00365. The van der Waals surface area contributed by atoms with Crippen molar-refractivity contribution >= 4 is 23.2 Å². The van der Waals surface area contributed by atoms with Crippen LogP contribution in [0.3, 0.4) is 0 Å². The maximum atomic E-state index is 12.1. The molecular formula is C21H26N2O5S. The number of methoxy groups -OCH3 is 2. The molecule has 156 valence electrons. The van der Waals surface area contributed by atoms with E-state index in [4.69, 9.17) is 14.2 Å². The van der Waals surface area contributed by atoms with E-state index in [1.165, 1.54) is 11.3 Å². The number of ether oxygens (including phenoxy) is 3. The molecule has 0 atom stereocenters. The van der Waals surface area contributed by atoms with Crippen molar-refractivity contribution in [1.29, 1.82) is 0 Å². The van der Waals surface area contributed by atoms with Crippen LogP contribution in [-0.2, 0) is 20.7 Å². The number of amides is 1. The van der Waals surface area contributed by atoms with Crippen LogP contribution in [0.5, 0.6) is 11.5 Å². The molecule has 0 fully saturated rings. The summed E-state index contributed by atoms with van der Waals surface area (Å²) in [6.45, 7) is 8.22. The summed E-state index contributed by atoms with van der Waals surface area (Å²) in [7, 11) is 3.15. The number of hydrogen-bond acceptors (Lipinski definition) is 7. The molecule has 7 nitrogen and oxygen atoms in total. The Morgan fingerprint density at radius 1 is 1.21 bits per heavy atom. The number of thiazole rings is 1. The van der Waals surface area contributed by atoms with Gasteiger partial charge >= 0.3 is 5.97 Å². The fraction of sp³-hybridized carbons (Fsp3) is 0.381. The van der Waals surface area contributed by atoms with Gasteiger partial charge in [-0.1, -0.05) is 12.2 Å². The number of carbonyl (C=O) groups is 2. The molecule has 0 radical (unpaired) electrons.